The van der Waals surface area contributed by atoms with E-state index < -0.39 is 0 Å². The minimum Gasteiger partial charge on any atom is -0.455 e. The summed E-state index contributed by atoms with van der Waals surface area (Å²) in [6, 6.07) is 20.1. The second-order valence-corrected chi connectivity index (χ2v) is 6.97. The number of hydrogen-bond donors (Lipinski definition) is 0. The van der Waals surface area contributed by atoms with Crippen LogP contribution in [0.2, 0.25) is 0 Å². The molecule has 0 bridgehead atoms. The zero-order valence-corrected chi connectivity index (χ0v) is 15.7. The lowest BCUT2D eigenvalue weighted by Crippen LogP contribution is -2.29. The van der Waals surface area contributed by atoms with Crippen molar-refractivity contribution in [3.63, 3.8) is 0 Å². The molecule has 0 aliphatic heterocycles. The average Bonchev–Trinajstić information content (AvgIpc) is 3.28. The molecule has 0 spiro atoms. The molecule has 5 aromatic rings. The first-order valence-electron chi connectivity index (χ1n) is 9.13. The molecule has 0 unspecified atom stereocenters. The summed E-state index contributed by atoms with van der Waals surface area (Å²) < 4.78 is 10.6. The zero-order chi connectivity index (χ0) is 19.3. The van der Waals surface area contributed by atoms with Crippen LogP contribution in [0.25, 0.3) is 43.9 Å². The number of aryl methyl sites for hydroxylation is 2. The Morgan fingerprint density at radius 2 is 1.82 bits per heavy atom. The first kappa shape index (κ1) is 16.3. The van der Waals surface area contributed by atoms with E-state index in [2.05, 4.69) is 57.6 Å². The van der Waals surface area contributed by atoms with Crippen molar-refractivity contribution in [3.05, 3.63) is 90.0 Å². The summed E-state index contributed by atoms with van der Waals surface area (Å²) in [5, 5.41) is 2.01. The minimum absolute atomic E-state index is 0.621. The van der Waals surface area contributed by atoms with Crippen molar-refractivity contribution in [1.29, 1.82) is 0 Å². The summed E-state index contributed by atoms with van der Waals surface area (Å²) in [4.78, 5) is 3.56. The third kappa shape index (κ3) is 2.34. The van der Waals surface area contributed by atoms with E-state index in [-0.39, 0.29) is 0 Å². The van der Waals surface area contributed by atoms with Gasteiger partial charge in [-0.2, -0.15) is 4.57 Å². The Labute approximate surface area is 162 Å². The van der Waals surface area contributed by atoms with Crippen LogP contribution in [-0.4, -0.2) is 4.57 Å². The fourth-order valence-corrected chi connectivity index (χ4v) is 3.85. The van der Waals surface area contributed by atoms with Gasteiger partial charge in [-0.1, -0.05) is 36.4 Å². The summed E-state index contributed by atoms with van der Waals surface area (Å²) in [6.07, 6.45) is 4.13. The van der Waals surface area contributed by atoms with E-state index in [1.54, 1.807) is 6.07 Å². The number of benzene rings is 3. The van der Waals surface area contributed by atoms with E-state index in [1.165, 1.54) is 0 Å². The average molecular weight is 364 g/mol. The third-order valence-corrected chi connectivity index (χ3v) is 5.22. The molecule has 0 fully saturated rings. The largest absolute Gasteiger partial charge is 0.455 e. The fraction of sp³-hybridized carbons (Fsp3) is 0.0833. The van der Waals surface area contributed by atoms with Gasteiger partial charge in [0.05, 0.1) is 13.6 Å². The fourth-order valence-electron chi connectivity index (χ4n) is 3.85. The molecular formula is C24H18N3O+. The van der Waals surface area contributed by atoms with Gasteiger partial charge in [0.25, 0.3) is 5.82 Å². The quantitative estimate of drug-likeness (QED) is 0.290. The first-order chi connectivity index (χ1) is 13.7. The second kappa shape index (κ2) is 6.11. The van der Waals surface area contributed by atoms with Crippen LogP contribution in [0.3, 0.4) is 0 Å². The van der Waals surface area contributed by atoms with Crippen molar-refractivity contribution < 1.29 is 8.98 Å². The van der Waals surface area contributed by atoms with E-state index in [1.807, 2.05) is 37.4 Å². The maximum Gasteiger partial charge on any atom is 0.297 e. The molecule has 3 aromatic carbocycles. The molecule has 0 saturated heterocycles. The van der Waals surface area contributed by atoms with Crippen molar-refractivity contribution in [1.82, 2.24) is 4.57 Å². The molecule has 2 heterocycles. The van der Waals surface area contributed by atoms with Crippen molar-refractivity contribution >= 4 is 27.6 Å². The summed E-state index contributed by atoms with van der Waals surface area (Å²) in [6.45, 7) is 9.42. The van der Waals surface area contributed by atoms with E-state index in [4.69, 9.17) is 11.0 Å². The van der Waals surface area contributed by atoms with Crippen molar-refractivity contribution in [2.24, 2.45) is 7.05 Å². The molecule has 2 aromatic heterocycles. The molecule has 4 nitrogen and oxygen atoms in total. The highest BCUT2D eigenvalue weighted by molar-refractivity contribution is 6.10. The Hall–Kier alpha value is -3.84. The van der Waals surface area contributed by atoms with Gasteiger partial charge in [0.2, 0.25) is 0 Å². The molecular weight excluding hydrogens is 346 g/mol. The minimum atomic E-state index is 0.621. The molecule has 28 heavy (non-hydrogen) atoms. The SMILES string of the molecule is [C-]#[N+]c1ccc2oc3c(-c4n(-c5ccccc5)cc[n+]4C)c(C)ccc3c2c1. The third-order valence-electron chi connectivity index (χ3n) is 5.22. The number of para-hydroxylation sites is 1. The van der Waals surface area contributed by atoms with Gasteiger partial charge < -0.3 is 4.42 Å². The molecule has 0 radical (unpaired) electrons. The van der Waals surface area contributed by atoms with Crippen LogP contribution in [0, 0.1) is 13.5 Å². The van der Waals surface area contributed by atoms with Gasteiger partial charge in [-0.3, -0.25) is 0 Å². The molecule has 134 valence electrons. The van der Waals surface area contributed by atoms with Crippen molar-refractivity contribution in [2.75, 3.05) is 0 Å². The highest BCUT2D eigenvalue weighted by Crippen LogP contribution is 2.38. The lowest BCUT2D eigenvalue weighted by molar-refractivity contribution is -0.659. The van der Waals surface area contributed by atoms with E-state index >= 15 is 0 Å². The number of rotatable bonds is 2. The van der Waals surface area contributed by atoms with Crippen LogP contribution >= 0.6 is 0 Å². The maximum absolute atomic E-state index is 7.31. The number of aromatic nitrogens is 2. The van der Waals surface area contributed by atoms with Gasteiger partial charge >= 0.3 is 0 Å². The van der Waals surface area contributed by atoms with E-state index in [0.717, 1.165) is 44.6 Å². The van der Waals surface area contributed by atoms with Gasteiger partial charge in [0.15, 0.2) is 11.3 Å². The summed E-state index contributed by atoms with van der Waals surface area (Å²) in [5.74, 6) is 1.05. The Morgan fingerprint density at radius 3 is 2.61 bits per heavy atom. The Balaban J connectivity index is 1.87. The monoisotopic (exact) mass is 364 g/mol. The van der Waals surface area contributed by atoms with Crippen molar-refractivity contribution in [2.45, 2.75) is 6.92 Å². The highest BCUT2D eigenvalue weighted by atomic mass is 16.3. The number of nitrogens with zero attached hydrogens (tertiary/aromatic N) is 3. The van der Waals surface area contributed by atoms with Crippen LogP contribution in [0.1, 0.15) is 5.56 Å². The summed E-state index contributed by atoms with van der Waals surface area (Å²) >= 11 is 0. The van der Waals surface area contributed by atoms with E-state index in [9.17, 15) is 0 Å². The number of fused-ring (bicyclic) bond motifs is 3. The van der Waals surface area contributed by atoms with Gasteiger partial charge in [-0.15, -0.1) is 0 Å². The normalized spacial score (nSPS) is 11.2. The van der Waals surface area contributed by atoms with Gasteiger partial charge in [-0.25, -0.2) is 9.41 Å². The Bertz CT molecular complexity index is 1380. The number of imidazole rings is 1. The van der Waals surface area contributed by atoms with Crippen LogP contribution in [-0.2, 0) is 7.05 Å². The summed E-state index contributed by atoms with van der Waals surface area (Å²) in [7, 11) is 2.05. The smallest absolute Gasteiger partial charge is 0.297 e. The zero-order valence-electron chi connectivity index (χ0n) is 15.7. The molecule has 0 amide bonds. The standard InChI is InChI=1S/C24H18N3O/c1-16-9-11-19-20-15-17(25-2)10-12-21(20)28-23(19)22(16)24-26(3)13-14-27(24)18-7-5-4-6-8-18/h4-15H,1,3H3/q+1. The first-order valence-corrected chi connectivity index (χ1v) is 9.13. The van der Waals surface area contributed by atoms with E-state index in [0.29, 0.717) is 5.69 Å². The van der Waals surface area contributed by atoms with Crippen LogP contribution in [0.15, 0.2) is 77.5 Å². The lowest BCUT2D eigenvalue weighted by Gasteiger charge is -2.07. The maximum atomic E-state index is 7.31. The Kier molecular flexibility index (Phi) is 3.56. The summed E-state index contributed by atoms with van der Waals surface area (Å²) in [5.41, 5.74) is 5.58. The molecule has 4 heteroatoms. The van der Waals surface area contributed by atoms with Crippen molar-refractivity contribution in [3.8, 4) is 17.1 Å². The predicted octanol–water partition coefficient (Wildman–Crippen LogP) is 5.73. The molecule has 0 saturated carbocycles. The number of furan rings is 1. The molecule has 0 atom stereocenters. The van der Waals surface area contributed by atoms with Gasteiger partial charge in [-0.05, 0) is 36.8 Å². The second-order valence-electron chi connectivity index (χ2n) is 6.97. The van der Waals surface area contributed by atoms with Gasteiger partial charge in [0.1, 0.15) is 29.2 Å². The molecule has 0 aliphatic rings. The van der Waals surface area contributed by atoms with Crippen LogP contribution in [0.5, 0.6) is 0 Å². The van der Waals surface area contributed by atoms with Crippen LogP contribution < -0.4 is 4.57 Å². The predicted molar refractivity (Wildman–Crippen MR) is 111 cm³/mol. The lowest BCUT2D eigenvalue weighted by atomic mass is 10.0. The molecule has 0 N–H and O–H groups in total. The highest BCUT2D eigenvalue weighted by Gasteiger charge is 2.25. The van der Waals surface area contributed by atoms with Crippen LogP contribution in [0.4, 0.5) is 5.69 Å². The molecule has 5 rings (SSSR count). The topological polar surface area (TPSA) is 26.3 Å². The number of hydrogen-bond acceptors (Lipinski definition) is 1. The van der Waals surface area contributed by atoms with Gasteiger partial charge in [0, 0.05) is 10.8 Å². The molecule has 0 aliphatic carbocycles. The Morgan fingerprint density at radius 1 is 1.00 bits per heavy atom.